The van der Waals surface area contributed by atoms with Crippen LogP contribution >= 0.6 is 0 Å². The van der Waals surface area contributed by atoms with Crippen LogP contribution < -0.4 is 11.1 Å². The van der Waals surface area contributed by atoms with E-state index in [9.17, 15) is 0 Å². The molecule has 0 spiro atoms. The van der Waals surface area contributed by atoms with E-state index in [-0.39, 0.29) is 12.1 Å². The summed E-state index contributed by atoms with van der Waals surface area (Å²) in [7, 11) is 1.86. The Balaban J connectivity index is 2.03. The molecule has 0 unspecified atom stereocenters. The van der Waals surface area contributed by atoms with Crippen molar-refractivity contribution in [3.63, 3.8) is 0 Å². The smallest absolute Gasteiger partial charge is 0.292 e. The van der Waals surface area contributed by atoms with Gasteiger partial charge in [0.1, 0.15) is 23.3 Å². The van der Waals surface area contributed by atoms with Gasteiger partial charge in [-0.1, -0.05) is 6.07 Å². The summed E-state index contributed by atoms with van der Waals surface area (Å²) in [5, 5.41) is 4.15. The first-order valence-electron chi connectivity index (χ1n) is 7.78. The zero-order valence-corrected chi connectivity index (χ0v) is 13.7. The molecule has 0 saturated carbocycles. The summed E-state index contributed by atoms with van der Waals surface area (Å²) in [6.07, 6.45) is 3.69. The van der Waals surface area contributed by atoms with Crippen molar-refractivity contribution in [2.75, 3.05) is 18.1 Å². The molecular formula is C17H18N6O. The highest BCUT2D eigenvalue weighted by Gasteiger charge is 2.18. The Bertz CT molecular complexity index is 1050. The van der Waals surface area contributed by atoms with Crippen molar-refractivity contribution in [2.24, 2.45) is 0 Å². The highest BCUT2D eigenvalue weighted by molar-refractivity contribution is 6.02. The normalized spacial score (nSPS) is 11.7. The summed E-state index contributed by atoms with van der Waals surface area (Å²) in [5.41, 5.74) is 10.0. The fraction of sp³-hybridized carbons (Fsp3) is 0.235. The molecule has 7 nitrogen and oxygen atoms in total. The van der Waals surface area contributed by atoms with Gasteiger partial charge in [-0.05, 0) is 31.5 Å². The molecule has 0 fully saturated rings. The van der Waals surface area contributed by atoms with Gasteiger partial charge in [-0.2, -0.15) is 4.98 Å². The second kappa shape index (κ2) is 5.23. The lowest BCUT2D eigenvalue weighted by Gasteiger charge is -2.08. The van der Waals surface area contributed by atoms with Crippen LogP contribution in [0.4, 0.5) is 11.8 Å². The van der Waals surface area contributed by atoms with Gasteiger partial charge in [-0.3, -0.25) is 0 Å². The van der Waals surface area contributed by atoms with Crippen LogP contribution in [-0.4, -0.2) is 26.6 Å². The van der Waals surface area contributed by atoms with Crippen LogP contribution in [-0.2, 0) is 0 Å². The van der Waals surface area contributed by atoms with Gasteiger partial charge in [0.25, 0.3) is 6.01 Å². The minimum Gasteiger partial charge on any atom is -0.424 e. The molecule has 3 aromatic heterocycles. The third-order valence-corrected chi connectivity index (χ3v) is 4.12. The van der Waals surface area contributed by atoms with Crippen LogP contribution in [0.25, 0.3) is 33.3 Å². The lowest BCUT2D eigenvalue weighted by molar-refractivity contribution is 0.618. The van der Waals surface area contributed by atoms with Crippen LogP contribution in [0.1, 0.15) is 19.9 Å². The molecule has 0 aliphatic rings. The fourth-order valence-corrected chi connectivity index (χ4v) is 3.00. The van der Waals surface area contributed by atoms with E-state index in [1.807, 2.05) is 25.2 Å². The number of hydrogen-bond donors (Lipinski definition) is 2. The minimum atomic E-state index is 0.172. The molecule has 0 saturated heterocycles. The molecule has 4 rings (SSSR count). The van der Waals surface area contributed by atoms with Crippen molar-refractivity contribution in [3.8, 4) is 11.1 Å². The Labute approximate surface area is 138 Å². The van der Waals surface area contributed by atoms with Gasteiger partial charge in [0.05, 0.1) is 5.39 Å². The summed E-state index contributed by atoms with van der Waals surface area (Å²) in [6.45, 7) is 4.26. The number of nitrogens with two attached hydrogens (primary N) is 1. The van der Waals surface area contributed by atoms with E-state index in [1.165, 1.54) is 0 Å². The molecule has 4 aromatic rings. The molecule has 0 aliphatic heterocycles. The molecule has 0 amide bonds. The van der Waals surface area contributed by atoms with E-state index in [2.05, 4.69) is 44.9 Å². The van der Waals surface area contributed by atoms with Crippen molar-refractivity contribution in [2.45, 2.75) is 19.9 Å². The van der Waals surface area contributed by atoms with Crippen molar-refractivity contribution in [1.29, 1.82) is 0 Å². The Hall–Kier alpha value is -3.09. The topological polar surface area (TPSA) is 94.8 Å². The highest BCUT2D eigenvalue weighted by Crippen LogP contribution is 2.36. The Morgan fingerprint density at radius 1 is 1.25 bits per heavy atom. The molecule has 3 heterocycles. The van der Waals surface area contributed by atoms with Gasteiger partial charge in [0.15, 0.2) is 5.58 Å². The average Bonchev–Trinajstić information content (AvgIpc) is 3.13. The standard InChI is InChI=1S/C17H18N6O/c1-9(2)23-7-11(14-15(19-3)20-8-21-16(14)23)10-4-5-13-12(6-10)22-17(18)24-13/h4-9H,1-3H3,(H2,18,22)(H,19,20,21). The van der Waals surface area contributed by atoms with E-state index in [4.69, 9.17) is 10.2 Å². The van der Waals surface area contributed by atoms with Crippen molar-refractivity contribution in [3.05, 3.63) is 30.7 Å². The predicted molar refractivity (Wildman–Crippen MR) is 94.9 cm³/mol. The van der Waals surface area contributed by atoms with Crippen LogP contribution in [0.2, 0.25) is 0 Å². The zero-order chi connectivity index (χ0) is 16.8. The molecule has 3 N–H and O–H groups in total. The van der Waals surface area contributed by atoms with Gasteiger partial charge in [0.2, 0.25) is 0 Å². The lowest BCUT2D eigenvalue weighted by Crippen LogP contribution is -2.01. The number of anilines is 2. The molecular weight excluding hydrogens is 304 g/mol. The van der Waals surface area contributed by atoms with Gasteiger partial charge in [0, 0.05) is 24.8 Å². The maximum atomic E-state index is 5.65. The predicted octanol–water partition coefficient (Wildman–Crippen LogP) is 3.44. The first kappa shape index (κ1) is 14.5. The van der Waals surface area contributed by atoms with Crippen LogP contribution in [0.15, 0.2) is 35.1 Å². The Kier molecular flexibility index (Phi) is 3.16. The van der Waals surface area contributed by atoms with Gasteiger partial charge < -0.3 is 20.0 Å². The second-order valence-electron chi connectivity index (χ2n) is 5.95. The molecule has 122 valence electrons. The summed E-state index contributed by atoms with van der Waals surface area (Å²) in [6, 6.07) is 6.31. The van der Waals surface area contributed by atoms with Gasteiger partial charge in [-0.25, -0.2) is 9.97 Å². The summed E-state index contributed by atoms with van der Waals surface area (Å²) >= 11 is 0. The number of nitrogens with one attached hydrogen (secondary N) is 1. The van der Waals surface area contributed by atoms with E-state index in [1.54, 1.807) is 6.33 Å². The number of benzene rings is 1. The maximum Gasteiger partial charge on any atom is 0.292 e. The SMILES string of the molecule is CNc1ncnc2c1c(-c1ccc3oc(N)nc3c1)cn2C(C)C. The summed E-state index contributed by atoms with van der Waals surface area (Å²) < 4.78 is 7.51. The lowest BCUT2D eigenvalue weighted by atomic mass is 10.1. The van der Waals surface area contributed by atoms with Crippen molar-refractivity contribution in [1.82, 2.24) is 19.5 Å². The van der Waals surface area contributed by atoms with Crippen LogP contribution in [0.5, 0.6) is 0 Å². The molecule has 24 heavy (non-hydrogen) atoms. The number of hydrogen-bond acceptors (Lipinski definition) is 6. The second-order valence-corrected chi connectivity index (χ2v) is 5.95. The maximum absolute atomic E-state index is 5.65. The Morgan fingerprint density at radius 2 is 2.08 bits per heavy atom. The van der Waals surface area contributed by atoms with E-state index >= 15 is 0 Å². The van der Waals surface area contributed by atoms with Crippen LogP contribution in [0, 0.1) is 0 Å². The molecule has 0 radical (unpaired) electrons. The number of nitrogen functional groups attached to an aromatic ring is 1. The number of nitrogens with zero attached hydrogens (tertiary/aromatic N) is 4. The number of fused-ring (bicyclic) bond motifs is 2. The number of oxazole rings is 1. The van der Waals surface area contributed by atoms with Crippen molar-refractivity contribution < 1.29 is 4.42 Å². The van der Waals surface area contributed by atoms with Gasteiger partial charge in [-0.15, -0.1) is 0 Å². The molecule has 0 atom stereocenters. The molecule has 0 bridgehead atoms. The Morgan fingerprint density at radius 3 is 2.83 bits per heavy atom. The minimum absolute atomic E-state index is 0.172. The molecule has 1 aromatic carbocycles. The van der Waals surface area contributed by atoms with Crippen LogP contribution in [0.3, 0.4) is 0 Å². The quantitative estimate of drug-likeness (QED) is 0.600. The molecule has 7 heteroatoms. The highest BCUT2D eigenvalue weighted by atomic mass is 16.4. The van der Waals surface area contributed by atoms with Gasteiger partial charge >= 0.3 is 0 Å². The third-order valence-electron chi connectivity index (χ3n) is 4.12. The van der Waals surface area contributed by atoms with E-state index in [0.717, 1.165) is 33.5 Å². The average molecular weight is 322 g/mol. The molecule has 0 aliphatic carbocycles. The number of aromatic nitrogens is 4. The fourth-order valence-electron chi connectivity index (χ4n) is 3.00. The first-order chi connectivity index (χ1) is 11.6. The van der Waals surface area contributed by atoms with E-state index < -0.39 is 0 Å². The largest absolute Gasteiger partial charge is 0.424 e. The summed E-state index contributed by atoms with van der Waals surface area (Å²) in [4.78, 5) is 13.1. The summed E-state index contributed by atoms with van der Waals surface area (Å²) in [5.74, 6) is 0.800. The van der Waals surface area contributed by atoms with E-state index in [0.29, 0.717) is 5.58 Å². The van der Waals surface area contributed by atoms with Crippen molar-refractivity contribution >= 4 is 34.0 Å². The zero-order valence-electron chi connectivity index (χ0n) is 13.7. The first-order valence-corrected chi connectivity index (χ1v) is 7.78. The third kappa shape index (κ3) is 2.09. The monoisotopic (exact) mass is 322 g/mol. The number of rotatable bonds is 3.